The molecule has 3 heterocycles. The van der Waals surface area contributed by atoms with Crippen molar-refractivity contribution >= 4 is 5.96 Å². The predicted molar refractivity (Wildman–Crippen MR) is 127 cm³/mol. The number of aliphatic imine (C=N–C) groups is 1. The molecule has 32 heavy (non-hydrogen) atoms. The number of rotatable bonds is 5. The molecule has 0 amide bonds. The normalized spacial score (nSPS) is 21.2. The van der Waals surface area contributed by atoms with Crippen LogP contribution in [0.25, 0.3) is 0 Å². The van der Waals surface area contributed by atoms with E-state index in [1.165, 1.54) is 24.0 Å². The molecule has 0 saturated carbocycles. The van der Waals surface area contributed by atoms with Gasteiger partial charge in [-0.1, -0.05) is 24.3 Å². The van der Waals surface area contributed by atoms with Crippen molar-refractivity contribution in [3.63, 3.8) is 0 Å². The van der Waals surface area contributed by atoms with Crippen LogP contribution in [0, 0.1) is 26.7 Å². The number of hydrogen-bond donors (Lipinski definition) is 1. The Balaban J connectivity index is 1.24. The number of nitrogens with one attached hydrogen (secondary N) is 1. The second-order valence-corrected chi connectivity index (χ2v) is 9.06. The maximum Gasteiger partial charge on any atom is 0.208 e. The van der Waals surface area contributed by atoms with Gasteiger partial charge < -0.3 is 19.4 Å². The van der Waals surface area contributed by atoms with Gasteiger partial charge in [0.1, 0.15) is 11.9 Å². The van der Waals surface area contributed by atoms with E-state index in [-0.39, 0.29) is 6.10 Å². The molecular weight excluding hydrogens is 402 g/mol. The minimum absolute atomic E-state index is 0.0919. The van der Waals surface area contributed by atoms with Gasteiger partial charge in [0.05, 0.1) is 25.4 Å². The Kier molecular flexibility index (Phi) is 7.48. The Hall–Kier alpha value is -2.38. The van der Waals surface area contributed by atoms with Gasteiger partial charge in [-0.05, 0) is 63.7 Å². The van der Waals surface area contributed by atoms with E-state index in [1.54, 1.807) is 0 Å². The zero-order valence-electron chi connectivity index (χ0n) is 19.9. The minimum atomic E-state index is 0.0919. The average Bonchev–Trinajstić information content (AvgIpc) is 3.12. The molecule has 1 aromatic heterocycles. The zero-order valence-corrected chi connectivity index (χ0v) is 19.9. The fourth-order valence-electron chi connectivity index (χ4n) is 4.69. The van der Waals surface area contributed by atoms with Crippen LogP contribution in [0.1, 0.15) is 47.4 Å². The number of aryl methyl sites for hydroxylation is 3. The van der Waals surface area contributed by atoms with Crippen molar-refractivity contribution in [1.29, 1.82) is 0 Å². The Morgan fingerprint density at radius 2 is 1.94 bits per heavy atom. The second kappa shape index (κ2) is 10.5. The molecule has 2 aromatic rings. The van der Waals surface area contributed by atoms with Gasteiger partial charge in [-0.2, -0.15) is 0 Å². The van der Waals surface area contributed by atoms with Crippen LogP contribution in [0.2, 0.25) is 0 Å². The van der Waals surface area contributed by atoms with E-state index in [4.69, 9.17) is 9.15 Å². The summed E-state index contributed by atoms with van der Waals surface area (Å²) in [5, 5.41) is 3.64. The second-order valence-electron chi connectivity index (χ2n) is 9.06. The summed E-state index contributed by atoms with van der Waals surface area (Å²) in [6.45, 7) is 12.5. The summed E-state index contributed by atoms with van der Waals surface area (Å²) in [5.74, 6) is 3.41. The number of piperidine rings is 1. The van der Waals surface area contributed by atoms with Crippen LogP contribution in [0.3, 0.4) is 0 Å². The molecule has 1 N–H and O–H groups in total. The summed E-state index contributed by atoms with van der Waals surface area (Å²) >= 11 is 0. The lowest BCUT2D eigenvalue weighted by atomic mass is 9.97. The van der Waals surface area contributed by atoms with Crippen molar-refractivity contribution in [3.8, 4) is 0 Å². The number of likely N-dealkylation sites (tertiary alicyclic amines) is 1. The minimum Gasteiger partial charge on any atom is -0.444 e. The van der Waals surface area contributed by atoms with Crippen LogP contribution < -0.4 is 5.32 Å². The number of benzene rings is 1. The molecular formula is C25H37N5O2. The number of ether oxygens (including phenoxy) is 1. The number of oxazole rings is 1. The summed E-state index contributed by atoms with van der Waals surface area (Å²) < 4.78 is 11.8. The molecule has 7 heteroatoms. The Labute approximate surface area is 191 Å². The molecule has 0 aliphatic carbocycles. The molecule has 0 spiro atoms. The maximum absolute atomic E-state index is 6.09. The fourth-order valence-corrected chi connectivity index (χ4v) is 4.69. The molecule has 1 aromatic carbocycles. The van der Waals surface area contributed by atoms with E-state index in [0.29, 0.717) is 5.92 Å². The van der Waals surface area contributed by atoms with Crippen molar-refractivity contribution in [2.24, 2.45) is 10.9 Å². The molecule has 1 unspecified atom stereocenters. The number of morpholine rings is 1. The van der Waals surface area contributed by atoms with Crippen molar-refractivity contribution in [3.05, 3.63) is 52.7 Å². The summed E-state index contributed by atoms with van der Waals surface area (Å²) in [6, 6.07) is 8.50. The molecule has 0 radical (unpaired) electrons. The highest BCUT2D eigenvalue weighted by Crippen LogP contribution is 2.25. The Bertz CT molecular complexity index is 897. The summed E-state index contributed by atoms with van der Waals surface area (Å²) in [5.41, 5.74) is 3.55. The number of nitrogens with zero attached hydrogens (tertiary/aromatic N) is 4. The molecule has 7 nitrogen and oxygen atoms in total. The monoisotopic (exact) mass is 439 g/mol. The molecule has 2 aliphatic rings. The van der Waals surface area contributed by atoms with E-state index in [1.807, 2.05) is 20.9 Å². The molecule has 2 aliphatic heterocycles. The Morgan fingerprint density at radius 3 is 2.62 bits per heavy atom. The number of guanidine groups is 1. The van der Waals surface area contributed by atoms with Crippen molar-refractivity contribution < 1.29 is 9.15 Å². The van der Waals surface area contributed by atoms with Crippen LogP contribution in [0.4, 0.5) is 0 Å². The van der Waals surface area contributed by atoms with Gasteiger partial charge in [-0.3, -0.25) is 9.89 Å². The van der Waals surface area contributed by atoms with Gasteiger partial charge in [0.2, 0.25) is 5.89 Å². The van der Waals surface area contributed by atoms with E-state index in [2.05, 4.69) is 56.3 Å². The third-order valence-corrected chi connectivity index (χ3v) is 6.80. The number of hydrogen-bond acceptors (Lipinski definition) is 5. The quantitative estimate of drug-likeness (QED) is 0.569. The van der Waals surface area contributed by atoms with E-state index in [9.17, 15) is 0 Å². The van der Waals surface area contributed by atoms with E-state index in [0.717, 1.165) is 69.2 Å². The fraction of sp³-hybridized carbons (Fsp3) is 0.600. The lowest BCUT2D eigenvalue weighted by Crippen LogP contribution is -2.49. The summed E-state index contributed by atoms with van der Waals surface area (Å²) in [6.07, 6.45) is 2.45. The van der Waals surface area contributed by atoms with Crippen molar-refractivity contribution in [2.75, 3.05) is 46.4 Å². The largest absolute Gasteiger partial charge is 0.444 e. The van der Waals surface area contributed by atoms with Crippen LogP contribution in [-0.2, 0) is 11.3 Å². The van der Waals surface area contributed by atoms with Gasteiger partial charge in [0.25, 0.3) is 0 Å². The van der Waals surface area contributed by atoms with Crippen molar-refractivity contribution in [2.45, 2.75) is 46.3 Å². The smallest absolute Gasteiger partial charge is 0.208 e. The third-order valence-electron chi connectivity index (χ3n) is 6.80. The highest BCUT2D eigenvalue weighted by Gasteiger charge is 2.26. The SMILES string of the molecule is CN=C(NCC1CCN(Cc2nc(C)c(C)o2)CC1)N1CCOC(c2ccccc2C)C1. The molecule has 4 rings (SSSR count). The van der Waals surface area contributed by atoms with Crippen molar-refractivity contribution in [1.82, 2.24) is 20.1 Å². The molecule has 0 bridgehead atoms. The lowest BCUT2D eigenvalue weighted by molar-refractivity contribution is -0.00841. The molecule has 2 saturated heterocycles. The highest BCUT2D eigenvalue weighted by atomic mass is 16.5. The third kappa shape index (κ3) is 5.51. The first-order valence-electron chi connectivity index (χ1n) is 11.8. The lowest BCUT2D eigenvalue weighted by Gasteiger charge is -2.37. The first-order chi connectivity index (χ1) is 15.5. The van der Waals surface area contributed by atoms with Gasteiger partial charge in [0, 0.05) is 20.1 Å². The van der Waals surface area contributed by atoms with Gasteiger partial charge >= 0.3 is 0 Å². The van der Waals surface area contributed by atoms with Gasteiger partial charge in [0.15, 0.2) is 5.96 Å². The maximum atomic E-state index is 6.09. The van der Waals surface area contributed by atoms with Gasteiger partial charge in [-0.25, -0.2) is 4.98 Å². The van der Waals surface area contributed by atoms with E-state index < -0.39 is 0 Å². The molecule has 1 atom stereocenters. The van der Waals surface area contributed by atoms with Gasteiger partial charge in [-0.15, -0.1) is 0 Å². The van der Waals surface area contributed by atoms with Crippen LogP contribution in [0.15, 0.2) is 33.7 Å². The van der Waals surface area contributed by atoms with Crippen LogP contribution in [0.5, 0.6) is 0 Å². The highest BCUT2D eigenvalue weighted by molar-refractivity contribution is 5.80. The summed E-state index contributed by atoms with van der Waals surface area (Å²) in [4.78, 5) is 13.9. The molecule has 174 valence electrons. The van der Waals surface area contributed by atoms with Crippen LogP contribution in [-0.4, -0.2) is 67.1 Å². The summed E-state index contributed by atoms with van der Waals surface area (Å²) in [7, 11) is 1.88. The number of aromatic nitrogens is 1. The molecule has 2 fully saturated rings. The zero-order chi connectivity index (χ0) is 22.5. The first-order valence-corrected chi connectivity index (χ1v) is 11.8. The predicted octanol–water partition coefficient (Wildman–Crippen LogP) is 3.46. The topological polar surface area (TPSA) is 66.1 Å². The van der Waals surface area contributed by atoms with Crippen LogP contribution >= 0.6 is 0 Å². The van der Waals surface area contributed by atoms with E-state index >= 15 is 0 Å². The average molecular weight is 440 g/mol. The first kappa shape index (κ1) is 22.8. The standard InChI is InChI=1S/C25H37N5O2/c1-18-7-5-6-8-22(18)23-16-30(13-14-31-23)25(26-4)27-15-21-9-11-29(12-10-21)17-24-28-19(2)20(3)32-24/h5-8,21,23H,9-17H2,1-4H3,(H,26,27). The Morgan fingerprint density at radius 1 is 1.16 bits per heavy atom.